The molecule has 3 nitrogen and oxygen atoms in total. The summed E-state index contributed by atoms with van der Waals surface area (Å²) in [6.45, 7) is 7.52. The number of likely N-dealkylation sites (tertiary alicyclic amines) is 1. The van der Waals surface area contributed by atoms with Crippen LogP contribution in [0, 0.1) is 11.7 Å². The third-order valence-electron chi connectivity index (χ3n) is 6.26. The Morgan fingerprint density at radius 1 is 1.23 bits per heavy atom. The van der Waals surface area contributed by atoms with Crippen LogP contribution in [0.2, 0.25) is 0 Å². The van der Waals surface area contributed by atoms with Crippen molar-refractivity contribution in [2.24, 2.45) is 13.0 Å². The largest absolute Gasteiger partial charge is 0.330 e. The van der Waals surface area contributed by atoms with Crippen LogP contribution in [0.4, 0.5) is 4.39 Å². The van der Waals surface area contributed by atoms with E-state index in [0.29, 0.717) is 11.8 Å². The topological polar surface area (TPSA) is 21.1 Å². The van der Waals surface area contributed by atoms with E-state index in [9.17, 15) is 4.39 Å². The van der Waals surface area contributed by atoms with Gasteiger partial charge in [-0.1, -0.05) is 25.1 Å². The Balaban J connectivity index is 1.47. The van der Waals surface area contributed by atoms with Gasteiger partial charge in [0.25, 0.3) is 0 Å². The second-order valence-electron chi connectivity index (χ2n) is 7.95. The number of hydrogen-bond acceptors (Lipinski definition) is 2. The summed E-state index contributed by atoms with van der Waals surface area (Å²) < 4.78 is 15.8. The van der Waals surface area contributed by atoms with Crippen LogP contribution in [-0.2, 0) is 13.6 Å². The summed E-state index contributed by atoms with van der Waals surface area (Å²) >= 11 is 0. The van der Waals surface area contributed by atoms with Crippen molar-refractivity contribution in [2.45, 2.75) is 45.6 Å². The zero-order valence-electron chi connectivity index (χ0n) is 16.0. The van der Waals surface area contributed by atoms with Crippen molar-refractivity contribution in [3.63, 3.8) is 0 Å². The fourth-order valence-corrected chi connectivity index (χ4v) is 4.40. The van der Waals surface area contributed by atoms with Crippen LogP contribution in [0.3, 0.4) is 0 Å². The van der Waals surface area contributed by atoms with Crippen LogP contribution in [0.1, 0.15) is 50.4 Å². The number of imidazole rings is 1. The van der Waals surface area contributed by atoms with Gasteiger partial charge in [-0.3, -0.25) is 4.90 Å². The summed E-state index contributed by atoms with van der Waals surface area (Å²) in [5.74, 6) is 2.11. The van der Waals surface area contributed by atoms with Crippen molar-refractivity contribution in [1.82, 2.24) is 14.5 Å². The van der Waals surface area contributed by atoms with E-state index in [4.69, 9.17) is 4.98 Å². The predicted octanol–water partition coefficient (Wildman–Crippen LogP) is 2.93. The molecule has 4 heteroatoms. The van der Waals surface area contributed by atoms with E-state index in [2.05, 4.69) is 42.5 Å². The molecule has 0 spiro atoms. The average molecular weight is 353 g/mol. The fourth-order valence-electron chi connectivity index (χ4n) is 4.40. The molecule has 1 saturated heterocycles. The number of hydrogen-bond donors (Lipinski definition) is 0. The minimum absolute atomic E-state index is 0.124. The number of nitrogens with zero attached hydrogens (tertiary/aromatic N) is 3. The van der Waals surface area contributed by atoms with Crippen molar-refractivity contribution >= 4 is 11.6 Å². The fraction of sp³-hybridized carbons (Fsp3) is 0.500. The normalized spacial score (nSPS) is 21.5. The zero-order valence-corrected chi connectivity index (χ0v) is 16.0. The zero-order chi connectivity index (χ0) is 18.3. The first-order valence-corrected chi connectivity index (χ1v) is 9.73. The second-order valence-corrected chi connectivity index (χ2v) is 7.95. The van der Waals surface area contributed by atoms with Gasteiger partial charge < -0.3 is 4.57 Å². The summed E-state index contributed by atoms with van der Waals surface area (Å²) in [5.41, 5.74) is 2.60. The maximum atomic E-state index is 13.5. The van der Waals surface area contributed by atoms with Crippen molar-refractivity contribution in [3.05, 3.63) is 52.2 Å². The predicted molar refractivity (Wildman–Crippen MR) is 103 cm³/mol. The number of aromatic nitrogens is 2. The minimum atomic E-state index is -0.124. The molecular formula is C22H28FN3. The standard InChI is InChI=1S/C22H28FN3/c1-15-7-8-20-22(16(15)2)25(3)21(24-20)14-26-11-9-17(10-12-26)18-5-4-6-19(23)13-18/h4-6,8,13,15,17H,7,9-12,14H2,1-3H3. The molecule has 1 unspecified atom stereocenters. The lowest BCUT2D eigenvalue weighted by Gasteiger charge is -2.31. The maximum absolute atomic E-state index is 13.5. The number of benzene rings is 1. The number of piperidine rings is 1. The van der Waals surface area contributed by atoms with Gasteiger partial charge in [0.2, 0.25) is 0 Å². The molecule has 0 radical (unpaired) electrons. The van der Waals surface area contributed by atoms with Crippen molar-refractivity contribution in [1.29, 1.82) is 0 Å². The maximum Gasteiger partial charge on any atom is 0.123 e. The highest BCUT2D eigenvalue weighted by molar-refractivity contribution is 5.49. The molecule has 1 atom stereocenters. The lowest BCUT2D eigenvalue weighted by molar-refractivity contribution is 0.198. The number of fused-ring (bicyclic) bond motifs is 1. The van der Waals surface area contributed by atoms with E-state index in [-0.39, 0.29) is 5.82 Å². The van der Waals surface area contributed by atoms with Gasteiger partial charge in [-0.25, -0.2) is 9.37 Å². The first-order valence-electron chi connectivity index (χ1n) is 9.73. The molecule has 2 aliphatic rings. The molecular weight excluding hydrogens is 325 g/mol. The monoisotopic (exact) mass is 353 g/mol. The lowest BCUT2D eigenvalue weighted by atomic mass is 9.89. The van der Waals surface area contributed by atoms with Crippen LogP contribution in [0.5, 0.6) is 0 Å². The minimum Gasteiger partial charge on any atom is -0.330 e. The Bertz CT molecular complexity index is 919. The average Bonchev–Trinajstić information content (AvgIpc) is 2.95. The summed E-state index contributed by atoms with van der Waals surface area (Å²) in [5, 5.41) is 2.47. The Morgan fingerprint density at radius 2 is 2.00 bits per heavy atom. The molecule has 4 rings (SSSR count). The van der Waals surface area contributed by atoms with Crippen molar-refractivity contribution < 1.29 is 4.39 Å². The molecule has 1 aromatic heterocycles. The van der Waals surface area contributed by atoms with E-state index < -0.39 is 0 Å². The summed E-state index contributed by atoms with van der Waals surface area (Å²) in [7, 11) is 2.15. The lowest BCUT2D eigenvalue weighted by Crippen LogP contribution is -2.36. The molecule has 2 aromatic rings. The van der Waals surface area contributed by atoms with Gasteiger partial charge >= 0.3 is 0 Å². The van der Waals surface area contributed by atoms with E-state index in [1.54, 1.807) is 6.07 Å². The van der Waals surface area contributed by atoms with E-state index >= 15 is 0 Å². The highest BCUT2D eigenvalue weighted by Crippen LogP contribution is 2.28. The molecule has 0 amide bonds. The highest BCUT2D eigenvalue weighted by atomic mass is 19.1. The first-order chi connectivity index (χ1) is 12.5. The quantitative estimate of drug-likeness (QED) is 0.846. The molecule has 1 aliphatic carbocycles. The van der Waals surface area contributed by atoms with Gasteiger partial charge in [0, 0.05) is 7.05 Å². The molecule has 138 valence electrons. The Labute approximate surface area is 154 Å². The van der Waals surface area contributed by atoms with Gasteiger partial charge in [0.1, 0.15) is 11.6 Å². The smallest absolute Gasteiger partial charge is 0.123 e. The van der Waals surface area contributed by atoms with Gasteiger partial charge in [0.05, 0.1) is 17.2 Å². The third-order valence-corrected chi connectivity index (χ3v) is 6.26. The van der Waals surface area contributed by atoms with E-state index in [1.807, 2.05) is 6.07 Å². The van der Waals surface area contributed by atoms with E-state index in [1.165, 1.54) is 17.0 Å². The van der Waals surface area contributed by atoms with Gasteiger partial charge in [-0.15, -0.1) is 0 Å². The van der Waals surface area contributed by atoms with Gasteiger partial charge in [-0.05, 0) is 74.4 Å². The van der Waals surface area contributed by atoms with E-state index in [0.717, 1.165) is 55.6 Å². The first kappa shape index (κ1) is 17.5. The molecule has 26 heavy (non-hydrogen) atoms. The molecule has 0 bridgehead atoms. The molecule has 1 aromatic carbocycles. The van der Waals surface area contributed by atoms with Gasteiger partial charge in [0.15, 0.2) is 0 Å². The molecule has 1 aliphatic heterocycles. The van der Waals surface area contributed by atoms with Crippen LogP contribution in [-0.4, -0.2) is 27.5 Å². The number of rotatable bonds is 3. The third kappa shape index (κ3) is 3.23. The van der Waals surface area contributed by atoms with Crippen LogP contribution in [0.15, 0.2) is 24.3 Å². The summed E-state index contributed by atoms with van der Waals surface area (Å²) in [4.78, 5) is 7.40. The molecule has 0 saturated carbocycles. The Kier molecular flexibility index (Phi) is 4.70. The van der Waals surface area contributed by atoms with Crippen molar-refractivity contribution in [2.75, 3.05) is 13.1 Å². The van der Waals surface area contributed by atoms with Gasteiger partial charge in [-0.2, -0.15) is 0 Å². The second kappa shape index (κ2) is 6.99. The summed E-state index contributed by atoms with van der Waals surface area (Å²) in [6, 6.07) is 7.11. The molecule has 1 fully saturated rings. The Morgan fingerprint density at radius 3 is 2.73 bits per heavy atom. The van der Waals surface area contributed by atoms with Crippen LogP contribution < -0.4 is 10.7 Å². The molecule has 2 heterocycles. The SMILES string of the molecule is CC1=c2c(nc(CN3CCC(c4cccc(F)c4)CC3)n2C)=CCC1C. The van der Waals surface area contributed by atoms with Crippen molar-refractivity contribution in [3.8, 4) is 0 Å². The summed E-state index contributed by atoms with van der Waals surface area (Å²) in [6.07, 6.45) is 5.55. The Hall–Kier alpha value is -1.94. The molecule has 0 N–H and O–H groups in total. The number of halogens is 1. The highest BCUT2D eigenvalue weighted by Gasteiger charge is 2.23. The van der Waals surface area contributed by atoms with Crippen LogP contribution >= 0.6 is 0 Å². The van der Waals surface area contributed by atoms with Crippen LogP contribution in [0.25, 0.3) is 11.6 Å².